The molecule has 0 heterocycles. The van der Waals surface area contributed by atoms with Gasteiger partial charge in [0, 0.05) is 25.0 Å². The number of methoxy groups -OCH3 is 1. The lowest BCUT2D eigenvalue weighted by Crippen LogP contribution is -2.53. The number of ether oxygens (including phenoxy) is 2. The van der Waals surface area contributed by atoms with Gasteiger partial charge in [0.15, 0.2) is 0 Å². The Morgan fingerprint density at radius 3 is 2.33 bits per heavy atom. The van der Waals surface area contributed by atoms with Crippen LogP contribution in [0.3, 0.4) is 0 Å². The zero-order chi connectivity index (χ0) is 29.2. The Hall–Kier alpha value is -3.27. The molecule has 0 spiro atoms. The second kappa shape index (κ2) is 14.2. The maximum absolute atomic E-state index is 13.6. The largest absolute Gasteiger partial charge is 0.497 e. The number of carbonyl (C=O) groups excluding carboxylic acids is 2. The Balaban J connectivity index is 2.29. The maximum atomic E-state index is 13.6. The number of carbonyl (C=O) groups is 2. The van der Waals surface area contributed by atoms with Gasteiger partial charge in [0.25, 0.3) is 0 Å². The molecule has 9 nitrogen and oxygen atoms in total. The molecule has 0 aromatic heterocycles. The summed E-state index contributed by atoms with van der Waals surface area (Å²) >= 11 is 0. The van der Waals surface area contributed by atoms with E-state index in [0.29, 0.717) is 30.2 Å². The Morgan fingerprint density at radius 2 is 1.74 bits per heavy atom. The van der Waals surface area contributed by atoms with Gasteiger partial charge in [-0.3, -0.25) is 13.9 Å². The Morgan fingerprint density at radius 1 is 1.05 bits per heavy atom. The van der Waals surface area contributed by atoms with Gasteiger partial charge in [0.1, 0.15) is 17.5 Å². The van der Waals surface area contributed by atoms with Crippen LogP contribution in [-0.4, -0.2) is 63.2 Å². The van der Waals surface area contributed by atoms with Crippen molar-refractivity contribution in [2.45, 2.75) is 72.0 Å². The van der Waals surface area contributed by atoms with Crippen LogP contribution in [0.1, 0.15) is 59.4 Å². The van der Waals surface area contributed by atoms with Crippen LogP contribution in [0.25, 0.3) is 0 Å². The summed E-state index contributed by atoms with van der Waals surface area (Å²) in [4.78, 5) is 28.4. The number of amides is 2. The molecule has 0 aliphatic rings. The highest BCUT2D eigenvalue weighted by molar-refractivity contribution is 7.92. The van der Waals surface area contributed by atoms with Gasteiger partial charge in [-0.1, -0.05) is 31.2 Å². The lowest BCUT2D eigenvalue weighted by molar-refractivity contribution is -0.142. The highest BCUT2D eigenvalue weighted by atomic mass is 32.2. The summed E-state index contributed by atoms with van der Waals surface area (Å²) in [6.45, 7) is 10.1. The average Bonchev–Trinajstić information content (AvgIpc) is 2.85. The molecule has 2 rings (SSSR count). The standard InChI is InChI=1S/C29H43N3O6S/c1-8-24(28(34)30-29(3,4)5)31(21-22-14-12-15-23(20-22)37-6)27(33)18-13-19-32(39(7,35)36)25-16-10-11-17-26(25)38-9-2/h10-12,14-17,20,24H,8-9,13,18-19,21H2,1-7H3,(H,30,34). The molecule has 216 valence electrons. The van der Waals surface area contributed by atoms with Crippen LogP contribution in [0, 0.1) is 0 Å². The van der Waals surface area contributed by atoms with Crippen molar-refractivity contribution in [3.8, 4) is 11.5 Å². The molecule has 2 aromatic rings. The molecule has 1 unspecified atom stereocenters. The minimum atomic E-state index is -3.64. The quantitative estimate of drug-likeness (QED) is 0.367. The summed E-state index contributed by atoms with van der Waals surface area (Å²) < 4.78 is 37.6. The maximum Gasteiger partial charge on any atom is 0.243 e. The third-order valence-electron chi connectivity index (χ3n) is 5.96. The van der Waals surface area contributed by atoms with E-state index in [4.69, 9.17) is 9.47 Å². The van der Waals surface area contributed by atoms with Crippen LogP contribution >= 0.6 is 0 Å². The molecule has 0 aliphatic carbocycles. The van der Waals surface area contributed by atoms with Crippen molar-refractivity contribution < 1.29 is 27.5 Å². The van der Waals surface area contributed by atoms with E-state index < -0.39 is 21.6 Å². The van der Waals surface area contributed by atoms with Crippen molar-refractivity contribution in [3.63, 3.8) is 0 Å². The second-order valence-electron chi connectivity index (χ2n) is 10.4. The van der Waals surface area contributed by atoms with Gasteiger partial charge in [0.05, 0.1) is 25.7 Å². The van der Waals surface area contributed by atoms with E-state index in [1.54, 1.807) is 36.3 Å². The number of hydrogen-bond donors (Lipinski definition) is 1. The van der Waals surface area contributed by atoms with Crippen LogP contribution in [0.15, 0.2) is 48.5 Å². The molecule has 0 bridgehead atoms. The van der Waals surface area contributed by atoms with Crippen LogP contribution in [-0.2, 0) is 26.2 Å². The normalized spacial score (nSPS) is 12.4. The molecule has 2 aromatic carbocycles. The highest BCUT2D eigenvalue weighted by Crippen LogP contribution is 2.30. The molecule has 1 N–H and O–H groups in total. The first kappa shape index (κ1) is 31.9. The van der Waals surface area contributed by atoms with Gasteiger partial charge >= 0.3 is 0 Å². The van der Waals surface area contributed by atoms with Gasteiger partial charge < -0.3 is 19.7 Å². The van der Waals surface area contributed by atoms with Gasteiger partial charge in [-0.25, -0.2) is 8.42 Å². The Kier molecular flexibility index (Phi) is 11.6. The van der Waals surface area contributed by atoms with Crippen LogP contribution in [0.5, 0.6) is 11.5 Å². The fraction of sp³-hybridized carbons (Fsp3) is 0.517. The molecular formula is C29H43N3O6S. The summed E-state index contributed by atoms with van der Waals surface area (Å²) in [6, 6.07) is 13.6. The first-order chi connectivity index (χ1) is 18.3. The van der Waals surface area contributed by atoms with Crippen molar-refractivity contribution in [2.24, 2.45) is 0 Å². The van der Waals surface area contributed by atoms with Crippen molar-refractivity contribution in [1.82, 2.24) is 10.2 Å². The number of rotatable bonds is 14. The van der Waals surface area contributed by atoms with Gasteiger partial charge in [-0.05, 0) is 70.4 Å². The molecule has 0 saturated carbocycles. The minimum absolute atomic E-state index is 0.0616. The third-order valence-corrected chi connectivity index (χ3v) is 7.14. The fourth-order valence-electron chi connectivity index (χ4n) is 4.26. The summed E-state index contributed by atoms with van der Waals surface area (Å²) in [5, 5.41) is 2.99. The highest BCUT2D eigenvalue weighted by Gasteiger charge is 2.31. The fourth-order valence-corrected chi connectivity index (χ4v) is 5.23. The molecule has 0 aliphatic heterocycles. The Bertz CT molecular complexity index is 1210. The van der Waals surface area contributed by atoms with Crippen molar-refractivity contribution in [1.29, 1.82) is 0 Å². The first-order valence-electron chi connectivity index (χ1n) is 13.2. The Labute approximate surface area is 233 Å². The molecule has 0 saturated heterocycles. The van der Waals surface area contributed by atoms with E-state index in [1.807, 2.05) is 58.9 Å². The SMILES string of the molecule is CCOc1ccccc1N(CCCC(=O)N(Cc1cccc(OC)c1)C(CC)C(=O)NC(C)(C)C)S(C)(=O)=O. The summed E-state index contributed by atoms with van der Waals surface area (Å²) in [5.41, 5.74) is 0.797. The summed E-state index contributed by atoms with van der Waals surface area (Å²) in [5.74, 6) is 0.648. The number of para-hydroxylation sites is 2. The topological polar surface area (TPSA) is 105 Å². The zero-order valence-corrected chi connectivity index (χ0v) is 25.0. The third kappa shape index (κ3) is 9.76. The number of benzene rings is 2. The lowest BCUT2D eigenvalue weighted by atomic mass is 10.0. The average molecular weight is 562 g/mol. The molecule has 1 atom stereocenters. The van der Waals surface area contributed by atoms with E-state index in [1.165, 1.54) is 4.31 Å². The number of sulfonamides is 1. The molecule has 39 heavy (non-hydrogen) atoms. The molecule has 2 amide bonds. The summed E-state index contributed by atoms with van der Waals surface area (Å²) in [6.07, 6.45) is 1.88. The molecular weight excluding hydrogens is 518 g/mol. The first-order valence-corrected chi connectivity index (χ1v) is 15.1. The number of nitrogens with one attached hydrogen (secondary N) is 1. The van der Waals surface area contributed by atoms with E-state index in [-0.39, 0.29) is 37.7 Å². The summed E-state index contributed by atoms with van der Waals surface area (Å²) in [7, 11) is -2.06. The van der Waals surface area contributed by atoms with Gasteiger partial charge in [-0.15, -0.1) is 0 Å². The van der Waals surface area contributed by atoms with Crippen molar-refractivity contribution >= 4 is 27.5 Å². The van der Waals surface area contributed by atoms with Crippen LogP contribution in [0.4, 0.5) is 5.69 Å². The van der Waals surface area contributed by atoms with Crippen molar-refractivity contribution in [2.75, 3.05) is 30.8 Å². The van der Waals surface area contributed by atoms with Crippen LogP contribution in [0.2, 0.25) is 0 Å². The van der Waals surface area contributed by atoms with Gasteiger partial charge in [0.2, 0.25) is 21.8 Å². The molecule has 0 radical (unpaired) electrons. The lowest BCUT2D eigenvalue weighted by Gasteiger charge is -2.33. The smallest absolute Gasteiger partial charge is 0.243 e. The van der Waals surface area contributed by atoms with E-state index in [9.17, 15) is 18.0 Å². The second-order valence-corrected chi connectivity index (χ2v) is 12.3. The zero-order valence-electron chi connectivity index (χ0n) is 24.2. The van der Waals surface area contributed by atoms with E-state index in [0.717, 1.165) is 11.8 Å². The predicted molar refractivity (Wildman–Crippen MR) is 155 cm³/mol. The predicted octanol–water partition coefficient (Wildman–Crippen LogP) is 4.36. The number of anilines is 1. The van der Waals surface area contributed by atoms with E-state index >= 15 is 0 Å². The number of nitrogens with zero attached hydrogens (tertiary/aromatic N) is 2. The van der Waals surface area contributed by atoms with Crippen LogP contribution < -0.4 is 19.1 Å². The number of hydrogen-bond acceptors (Lipinski definition) is 6. The van der Waals surface area contributed by atoms with Crippen molar-refractivity contribution in [3.05, 3.63) is 54.1 Å². The van der Waals surface area contributed by atoms with Gasteiger partial charge in [-0.2, -0.15) is 0 Å². The molecule has 10 heteroatoms. The monoisotopic (exact) mass is 561 g/mol. The minimum Gasteiger partial charge on any atom is -0.497 e. The van der Waals surface area contributed by atoms with E-state index in [2.05, 4.69) is 5.32 Å². The molecule has 0 fully saturated rings.